The van der Waals surface area contributed by atoms with Crippen molar-refractivity contribution >= 4 is 5.91 Å². The van der Waals surface area contributed by atoms with E-state index in [2.05, 4.69) is 6.92 Å². The molecule has 4 heteroatoms. The van der Waals surface area contributed by atoms with Gasteiger partial charge in [-0.3, -0.25) is 4.79 Å². The zero-order chi connectivity index (χ0) is 14.7. The molecule has 1 aromatic carbocycles. The van der Waals surface area contributed by atoms with Crippen molar-refractivity contribution in [2.24, 2.45) is 11.7 Å². The number of carbonyl (C=O) groups is 1. The highest BCUT2D eigenvalue weighted by Crippen LogP contribution is 2.25. The van der Waals surface area contributed by atoms with Crippen molar-refractivity contribution in [2.45, 2.75) is 39.3 Å². The lowest BCUT2D eigenvalue weighted by atomic mass is 10.1. The van der Waals surface area contributed by atoms with E-state index >= 15 is 0 Å². The Kier molecular flexibility index (Phi) is 4.65. The molecular formula is C16H24N2O2. The lowest BCUT2D eigenvalue weighted by Gasteiger charge is -2.22. The number of ether oxygens (including phenoxy) is 1. The van der Waals surface area contributed by atoms with Crippen LogP contribution < -0.4 is 10.5 Å². The Balaban J connectivity index is 2.13. The van der Waals surface area contributed by atoms with E-state index in [9.17, 15) is 4.79 Å². The molecule has 110 valence electrons. The van der Waals surface area contributed by atoms with E-state index in [1.807, 2.05) is 43.0 Å². The molecule has 1 fully saturated rings. The first-order valence-corrected chi connectivity index (χ1v) is 7.29. The minimum absolute atomic E-state index is 0.0719. The fourth-order valence-corrected chi connectivity index (χ4v) is 2.74. The minimum Gasteiger partial charge on any atom is -0.491 e. The first-order chi connectivity index (χ1) is 9.51. The molecule has 0 bridgehead atoms. The number of hydrogen-bond acceptors (Lipinski definition) is 3. The van der Waals surface area contributed by atoms with Gasteiger partial charge in [0.2, 0.25) is 0 Å². The summed E-state index contributed by atoms with van der Waals surface area (Å²) in [5, 5.41) is 0. The SMILES string of the molecule is CC(C)Oc1cccc(C(=O)N2CC(CN)CC2C)c1. The molecule has 0 radical (unpaired) electrons. The van der Waals surface area contributed by atoms with Crippen LogP contribution >= 0.6 is 0 Å². The van der Waals surface area contributed by atoms with Crippen LogP contribution in [0.25, 0.3) is 0 Å². The first kappa shape index (κ1) is 14.9. The molecule has 1 amide bonds. The van der Waals surface area contributed by atoms with Crippen LogP contribution in [0.2, 0.25) is 0 Å². The summed E-state index contributed by atoms with van der Waals surface area (Å²) in [5.74, 6) is 1.24. The Hall–Kier alpha value is -1.55. The molecule has 0 saturated carbocycles. The Bertz CT molecular complexity index is 473. The maximum atomic E-state index is 12.6. The molecule has 2 rings (SSSR count). The topological polar surface area (TPSA) is 55.6 Å². The number of amides is 1. The van der Waals surface area contributed by atoms with Crippen LogP contribution in [-0.4, -0.2) is 36.0 Å². The van der Waals surface area contributed by atoms with Crippen LogP contribution in [0, 0.1) is 5.92 Å². The molecule has 1 aromatic rings. The molecule has 1 aliphatic rings. The number of nitrogens with two attached hydrogens (primary N) is 1. The van der Waals surface area contributed by atoms with Gasteiger partial charge < -0.3 is 15.4 Å². The number of benzene rings is 1. The van der Waals surface area contributed by atoms with E-state index in [0.717, 1.165) is 18.7 Å². The van der Waals surface area contributed by atoms with Crippen LogP contribution in [0.5, 0.6) is 5.75 Å². The van der Waals surface area contributed by atoms with Gasteiger partial charge in [-0.15, -0.1) is 0 Å². The van der Waals surface area contributed by atoms with Gasteiger partial charge in [-0.05, 0) is 57.9 Å². The Labute approximate surface area is 120 Å². The average Bonchev–Trinajstić information content (AvgIpc) is 2.79. The van der Waals surface area contributed by atoms with Crippen LogP contribution in [0.15, 0.2) is 24.3 Å². The summed E-state index contributed by atoms with van der Waals surface area (Å²) < 4.78 is 5.65. The third-order valence-corrected chi connectivity index (χ3v) is 3.71. The molecule has 2 N–H and O–H groups in total. The summed E-state index contributed by atoms with van der Waals surface area (Å²) in [6.07, 6.45) is 1.09. The fourth-order valence-electron chi connectivity index (χ4n) is 2.74. The highest BCUT2D eigenvalue weighted by molar-refractivity contribution is 5.95. The summed E-state index contributed by atoms with van der Waals surface area (Å²) in [5.41, 5.74) is 6.41. The monoisotopic (exact) mass is 276 g/mol. The smallest absolute Gasteiger partial charge is 0.254 e. The van der Waals surface area contributed by atoms with Crippen molar-refractivity contribution in [2.75, 3.05) is 13.1 Å². The maximum Gasteiger partial charge on any atom is 0.254 e. The van der Waals surface area contributed by atoms with Gasteiger partial charge in [0.25, 0.3) is 5.91 Å². The van der Waals surface area contributed by atoms with Crippen molar-refractivity contribution in [1.29, 1.82) is 0 Å². The average molecular weight is 276 g/mol. The zero-order valence-electron chi connectivity index (χ0n) is 12.5. The molecular weight excluding hydrogens is 252 g/mol. The second-order valence-corrected chi connectivity index (χ2v) is 5.84. The predicted octanol–water partition coefficient (Wildman–Crippen LogP) is 2.28. The second-order valence-electron chi connectivity index (χ2n) is 5.84. The predicted molar refractivity (Wildman–Crippen MR) is 79.9 cm³/mol. The Morgan fingerprint density at radius 3 is 2.85 bits per heavy atom. The second kappa shape index (κ2) is 6.27. The zero-order valence-corrected chi connectivity index (χ0v) is 12.5. The van der Waals surface area contributed by atoms with E-state index in [1.54, 1.807) is 0 Å². The minimum atomic E-state index is 0.0719. The summed E-state index contributed by atoms with van der Waals surface area (Å²) in [4.78, 5) is 14.5. The summed E-state index contributed by atoms with van der Waals surface area (Å²) >= 11 is 0. The molecule has 0 aliphatic carbocycles. The largest absolute Gasteiger partial charge is 0.491 e. The molecule has 1 heterocycles. The Morgan fingerprint density at radius 1 is 1.50 bits per heavy atom. The maximum absolute atomic E-state index is 12.6. The molecule has 0 spiro atoms. The third kappa shape index (κ3) is 3.31. The normalized spacial score (nSPS) is 22.4. The molecule has 2 atom stereocenters. The van der Waals surface area contributed by atoms with E-state index < -0.39 is 0 Å². The highest BCUT2D eigenvalue weighted by Gasteiger charge is 2.32. The number of rotatable bonds is 4. The van der Waals surface area contributed by atoms with Crippen LogP contribution in [-0.2, 0) is 0 Å². The van der Waals surface area contributed by atoms with Gasteiger partial charge in [-0.1, -0.05) is 6.07 Å². The molecule has 2 unspecified atom stereocenters. The lowest BCUT2D eigenvalue weighted by Crippen LogP contribution is -2.34. The van der Waals surface area contributed by atoms with Crippen LogP contribution in [0.1, 0.15) is 37.6 Å². The number of carbonyl (C=O) groups excluding carboxylic acids is 1. The molecule has 1 aliphatic heterocycles. The van der Waals surface area contributed by atoms with Gasteiger partial charge in [0.15, 0.2) is 0 Å². The van der Waals surface area contributed by atoms with Gasteiger partial charge in [0, 0.05) is 18.2 Å². The fraction of sp³-hybridized carbons (Fsp3) is 0.562. The molecule has 0 aromatic heterocycles. The first-order valence-electron chi connectivity index (χ1n) is 7.29. The number of likely N-dealkylation sites (tertiary alicyclic amines) is 1. The van der Waals surface area contributed by atoms with Gasteiger partial charge in [0.1, 0.15) is 5.75 Å². The lowest BCUT2D eigenvalue weighted by molar-refractivity contribution is 0.0742. The quantitative estimate of drug-likeness (QED) is 0.918. The molecule has 20 heavy (non-hydrogen) atoms. The van der Waals surface area contributed by atoms with Crippen molar-refractivity contribution in [1.82, 2.24) is 4.90 Å². The summed E-state index contributed by atoms with van der Waals surface area (Å²) in [6.45, 7) is 7.43. The van der Waals surface area contributed by atoms with Gasteiger partial charge in [0.05, 0.1) is 6.10 Å². The number of hydrogen-bond donors (Lipinski definition) is 1. The highest BCUT2D eigenvalue weighted by atomic mass is 16.5. The van der Waals surface area contributed by atoms with Crippen molar-refractivity contribution < 1.29 is 9.53 Å². The van der Waals surface area contributed by atoms with Crippen molar-refractivity contribution in [3.63, 3.8) is 0 Å². The van der Waals surface area contributed by atoms with Crippen LogP contribution in [0.4, 0.5) is 0 Å². The third-order valence-electron chi connectivity index (χ3n) is 3.71. The van der Waals surface area contributed by atoms with Gasteiger partial charge in [-0.2, -0.15) is 0 Å². The molecule has 1 saturated heterocycles. The van der Waals surface area contributed by atoms with Crippen LogP contribution in [0.3, 0.4) is 0 Å². The van der Waals surface area contributed by atoms with E-state index in [4.69, 9.17) is 10.5 Å². The number of nitrogens with zero attached hydrogens (tertiary/aromatic N) is 1. The molecule has 4 nitrogen and oxygen atoms in total. The summed E-state index contributed by atoms with van der Waals surface area (Å²) in [7, 11) is 0. The van der Waals surface area contributed by atoms with Crippen molar-refractivity contribution in [3.8, 4) is 5.75 Å². The Morgan fingerprint density at radius 2 is 2.25 bits per heavy atom. The van der Waals surface area contributed by atoms with E-state index in [-0.39, 0.29) is 18.1 Å². The van der Waals surface area contributed by atoms with Crippen molar-refractivity contribution in [3.05, 3.63) is 29.8 Å². The standard InChI is InChI=1S/C16H24N2O2/c1-11(2)20-15-6-4-5-14(8-15)16(19)18-10-13(9-17)7-12(18)3/h4-6,8,11-13H,7,9-10,17H2,1-3H3. The van der Waals surface area contributed by atoms with E-state index in [1.165, 1.54) is 0 Å². The van der Waals surface area contributed by atoms with E-state index in [0.29, 0.717) is 18.0 Å². The van der Waals surface area contributed by atoms with Gasteiger partial charge >= 0.3 is 0 Å². The summed E-state index contributed by atoms with van der Waals surface area (Å²) in [6, 6.07) is 7.67. The van der Waals surface area contributed by atoms with Gasteiger partial charge in [-0.25, -0.2) is 0 Å².